The fourth-order valence-electron chi connectivity index (χ4n) is 1.67. The van der Waals surface area contributed by atoms with Crippen molar-refractivity contribution in [3.63, 3.8) is 0 Å². The number of nitrogens with one attached hydrogen (secondary N) is 1. The Kier molecular flexibility index (Phi) is 4.05. The number of benzene rings is 1. The summed E-state index contributed by atoms with van der Waals surface area (Å²) < 4.78 is 39.5. The fourth-order valence-corrected chi connectivity index (χ4v) is 3.79. The number of halogens is 2. The zero-order valence-electron chi connectivity index (χ0n) is 9.57. The first-order valence-electron chi connectivity index (χ1n) is 5.60. The molecule has 1 aliphatic carbocycles. The fraction of sp³-hybridized carbons (Fsp3) is 0.455. The lowest BCUT2D eigenvalue weighted by Crippen LogP contribution is -2.38. The molecule has 1 aliphatic rings. The van der Waals surface area contributed by atoms with Gasteiger partial charge in [0.2, 0.25) is 10.0 Å². The quantitative estimate of drug-likeness (QED) is 0.857. The van der Waals surface area contributed by atoms with Gasteiger partial charge in [0.15, 0.2) is 0 Å². The van der Waals surface area contributed by atoms with Crippen LogP contribution < -0.4 is 10.5 Å². The number of hydrogen-bond donors (Lipinski definition) is 2. The largest absolute Gasteiger partial charge is 0.326 e. The molecular weight excluding hydrogens is 323 g/mol. The molecular formula is C11H14BrFN2O2S. The molecule has 0 saturated heterocycles. The summed E-state index contributed by atoms with van der Waals surface area (Å²) in [4.78, 5) is 0.0203. The molecule has 0 heterocycles. The van der Waals surface area contributed by atoms with Gasteiger partial charge in [0.05, 0.1) is 4.90 Å². The minimum Gasteiger partial charge on any atom is -0.326 e. The highest BCUT2D eigenvalue weighted by molar-refractivity contribution is 9.10. The van der Waals surface area contributed by atoms with Gasteiger partial charge in [0.25, 0.3) is 0 Å². The van der Waals surface area contributed by atoms with Gasteiger partial charge in [-0.05, 0) is 52.9 Å². The molecule has 0 spiro atoms. The molecule has 1 atom stereocenters. The third-order valence-electron chi connectivity index (χ3n) is 2.92. The summed E-state index contributed by atoms with van der Waals surface area (Å²) in [5.41, 5.74) is 5.83. The molecule has 2 rings (SSSR count). The molecule has 0 aliphatic heterocycles. The molecule has 4 nitrogen and oxygen atoms in total. The summed E-state index contributed by atoms with van der Waals surface area (Å²) >= 11 is 3.04. The van der Waals surface area contributed by atoms with Gasteiger partial charge in [0.1, 0.15) is 5.82 Å². The monoisotopic (exact) mass is 336 g/mol. The Balaban J connectivity index is 2.09. The van der Waals surface area contributed by atoms with Crippen molar-refractivity contribution >= 4 is 26.0 Å². The molecule has 7 heteroatoms. The summed E-state index contributed by atoms with van der Waals surface area (Å²) in [5, 5.41) is 0. The molecule has 1 aromatic rings. The van der Waals surface area contributed by atoms with E-state index in [4.69, 9.17) is 5.73 Å². The molecule has 1 fully saturated rings. The molecule has 1 saturated carbocycles. The van der Waals surface area contributed by atoms with Gasteiger partial charge >= 0.3 is 0 Å². The van der Waals surface area contributed by atoms with E-state index in [9.17, 15) is 12.8 Å². The van der Waals surface area contributed by atoms with Crippen molar-refractivity contribution in [2.45, 2.75) is 23.8 Å². The summed E-state index contributed by atoms with van der Waals surface area (Å²) in [7, 11) is -3.65. The Bertz CT molecular complexity index is 546. The summed E-state index contributed by atoms with van der Waals surface area (Å²) in [6, 6.07) is 3.30. The van der Waals surface area contributed by atoms with Crippen LogP contribution in [0.1, 0.15) is 12.8 Å². The Labute approximate surface area is 114 Å². The summed E-state index contributed by atoms with van der Waals surface area (Å²) in [6.45, 7) is 0.205. The third-order valence-corrected chi connectivity index (χ3v) is 5.32. The van der Waals surface area contributed by atoms with E-state index in [2.05, 4.69) is 20.7 Å². The first-order chi connectivity index (χ1) is 8.40. The van der Waals surface area contributed by atoms with Crippen molar-refractivity contribution in [1.82, 2.24) is 4.72 Å². The lowest BCUT2D eigenvalue weighted by molar-refractivity contribution is 0.547. The Morgan fingerprint density at radius 1 is 1.50 bits per heavy atom. The van der Waals surface area contributed by atoms with Crippen LogP contribution in [-0.2, 0) is 10.0 Å². The first kappa shape index (κ1) is 13.9. The van der Waals surface area contributed by atoms with Gasteiger partial charge in [-0.25, -0.2) is 17.5 Å². The van der Waals surface area contributed by atoms with Gasteiger partial charge in [-0.2, -0.15) is 0 Å². The van der Waals surface area contributed by atoms with Gasteiger partial charge < -0.3 is 5.73 Å². The van der Waals surface area contributed by atoms with Crippen molar-refractivity contribution in [2.24, 2.45) is 11.7 Å². The highest BCUT2D eigenvalue weighted by atomic mass is 79.9. The molecule has 0 aromatic heterocycles. The normalized spacial score (nSPS) is 17.7. The van der Waals surface area contributed by atoms with E-state index in [-0.39, 0.29) is 22.0 Å². The molecule has 100 valence electrons. The van der Waals surface area contributed by atoms with Crippen LogP contribution in [0.25, 0.3) is 0 Å². The smallest absolute Gasteiger partial charge is 0.241 e. The molecule has 18 heavy (non-hydrogen) atoms. The number of nitrogens with two attached hydrogens (primary N) is 1. The van der Waals surface area contributed by atoms with Crippen molar-refractivity contribution in [1.29, 1.82) is 0 Å². The van der Waals surface area contributed by atoms with Crippen molar-refractivity contribution in [2.75, 3.05) is 6.54 Å². The van der Waals surface area contributed by atoms with Crippen LogP contribution in [0.5, 0.6) is 0 Å². The van der Waals surface area contributed by atoms with E-state index < -0.39 is 15.8 Å². The highest BCUT2D eigenvalue weighted by Crippen LogP contribution is 2.31. The van der Waals surface area contributed by atoms with Crippen LogP contribution in [0.4, 0.5) is 4.39 Å². The Morgan fingerprint density at radius 3 is 2.72 bits per heavy atom. The van der Waals surface area contributed by atoms with Crippen molar-refractivity contribution in [3.05, 3.63) is 28.5 Å². The molecule has 0 bridgehead atoms. The van der Waals surface area contributed by atoms with E-state index in [1.807, 2.05) is 0 Å². The lowest BCUT2D eigenvalue weighted by Gasteiger charge is -2.12. The Morgan fingerprint density at radius 2 is 2.17 bits per heavy atom. The van der Waals surface area contributed by atoms with Crippen molar-refractivity contribution < 1.29 is 12.8 Å². The average Bonchev–Trinajstić information content (AvgIpc) is 3.09. The van der Waals surface area contributed by atoms with Crippen molar-refractivity contribution in [3.8, 4) is 0 Å². The second-order valence-corrected chi connectivity index (χ2v) is 7.02. The van der Waals surface area contributed by atoms with Crippen LogP contribution >= 0.6 is 15.9 Å². The zero-order chi connectivity index (χ0) is 13.3. The Hall–Kier alpha value is -0.500. The first-order valence-corrected chi connectivity index (χ1v) is 7.88. The molecule has 3 N–H and O–H groups in total. The minimum atomic E-state index is -3.65. The van der Waals surface area contributed by atoms with E-state index in [1.165, 1.54) is 6.07 Å². The van der Waals surface area contributed by atoms with E-state index in [0.717, 1.165) is 25.0 Å². The number of sulfonamides is 1. The maximum atomic E-state index is 12.9. The minimum absolute atomic E-state index is 0.0203. The molecule has 0 radical (unpaired) electrons. The topological polar surface area (TPSA) is 72.2 Å². The average molecular weight is 337 g/mol. The van der Waals surface area contributed by atoms with Crippen LogP contribution in [0.2, 0.25) is 0 Å². The predicted molar refractivity (Wildman–Crippen MR) is 70.0 cm³/mol. The number of rotatable bonds is 5. The maximum Gasteiger partial charge on any atom is 0.241 e. The third kappa shape index (κ3) is 3.28. The zero-order valence-corrected chi connectivity index (χ0v) is 12.0. The van der Waals surface area contributed by atoms with Gasteiger partial charge in [0, 0.05) is 17.1 Å². The van der Waals surface area contributed by atoms with Crippen LogP contribution in [-0.4, -0.2) is 21.0 Å². The predicted octanol–water partition coefficient (Wildman–Crippen LogP) is 1.60. The summed E-state index contributed by atoms with van der Waals surface area (Å²) in [6.07, 6.45) is 2.12. The van der Waals surface area contributed by atoms with E-state index in [1.54, 1.807) is 0 Å². The van der Waals surface area contributed by atoms with Gasteiger partial charge in [-0.15, -0.1) is 0 Å². The van der Waals surface area contributed by atoms with Crippen LogP contribution in [0.3, 0.4) is 0 Å². The van der Waals surface area contributed by atoms with E-state index >= 15 is 0 Å². The maximum absolute atomic E-state index is 12.9. The van der Waals surface area contributed by atoms with Crippen LogP contribution in [0, 0.1) is 11.7 Å². The standard InChI is InChI=1S/C11H14BrFN2O2S/c12-9-5-8(13)3-4-11(9)18(16,17)15-6-10(14)7-1-2-7/h3-5,7,10,15H,1-2,6,14H2. The second kappa shape index (κ2) is 5.24. The molecule has 1 aromatic carbocycles. The number of hydrogen-bond acceptors (Lipinski definition) is 3. The molecule has 1 unspecified atom stereocenters. The molecule has 0 amide bonds. The highest BCUT2D eigenvalue weighted by Gasteiger charge is 2.29. The van der Waals surface area contributed by atoms with Gasteiger partial charge in [-0.3, -0.25) is 0 Å². The van der Waals surface area contributed by atoms with E-state index in [0.29, 0.717) is 5.92 Å². The summed E-state index contributed by atoms with van der Waals surface area (Å²) in [5.74, 6) is -0.0696. The lowest BCUT2D eigenvalue weighted by atomic mass is 10.2. The second-order valence-electron chi connectivity index (χ2n) is 4.43. The van der Waals surface area contributed by atoms with Crippen LogP contribution in [0.15, 0.2) is 27.6 Å². The SMILES string of the molecule is NC(CNS(=O)(=O)c1ccc(F)cc1Br)C1CC1. The van der Waals surface area contributed by atoms with Gasteiger partial charge in [-0.1, -0.05) is 0 Å².